The minimum absolute atomic E-state index is 0.0424. The van der Waals surface area contributed by atoms with E-state index in [0.717, 1.165) is 17.2 Å². The molecule has 0 saturated heterocycles. The zero-order valence-corrected chi connectivity index (χ0v) is 11.9. The molecule has 0 fully saturated rings. The largest absolute Gasteiger partial charge is 0.368 e. The summed E-state index contributed by atoms with van der Waals surface area (Å²) in [5.41, 5.74) is 9.47. The van der Waals surface area contributed by atoms with Crippen molar-refractivity contribution in [2.75, 3.05) is 11.9 Å². The van der Waals surface area contributed by atoms with Gasteiger partial charge in [0, 0.05) is 24.2 Å². The van der Waals surface area contributed by atoms with E-state index in [9.17, 15) is 0 Å². The molecule has 0 saturated carbocycles. The number of nitrogens with zero attached hydrogens (tertiary/aromatic N) is 2. The number of nitrogens with two attached hydrogens (primary N) is 1. The van der Waals surface area contributed by atoms with Gasteiger partial charge < -0.3 is 10.6 Å². The Labute approximate surface area is 112 Å². The van der Waals surface area contributed by atoms with Crippen LogP contribution in [0.4, 0.5) is 5.69 Å². The maximum Gasteiger partial charge on any atom is 0.0898 e. The van der Waals surface area contributed by atoms with Gasteiger partial charge in [-0.3, -0.25) is 0 Å². The van der Waals surface area contributed by atoms with Crippen LogP contribution in [-0.2, 0) is 6.54 Å². The molecule has 0 radical (unpaired) electrons. The van der Waals surface area contributed by atoms with Crippen LogP contribution in [0, 0.1) is 6.92 Å². The molecule has 1 aromatic carbocycles. The second kappa shape index (κ2) is 5.50. The highest BCUT2D eigenvalue weighted by Gasteiger charge is 2.11. The Morgan fingerprint density at radius 2 is 2.11 bits per heavy atom. The molecule has 0 spiro atoms. The lowest BCUT2D eigenvalue weighted by molar-refractivity contribution is 0.797. The number of benzene rings is 1. The summed E-state index contributed by atoms with van der Waals surface area (Å²) in [5.74, 6) is 0. The Morgan fingerprint density at radius 3 is 2.72 bits per heavy atom. The van der Waals surface area contributed by atoms with Crippen molar-refractivity contribution < 1.29 is 0 Å². The first-order chi connectivity index (χ1) is 8.58. The Bertz CT molecular complexity index is 519. The van der Waals surface area contributed by atoms with Gasteiger partial charge in [-0.15, -0.1) is 11.3 Å². The van der Waals surface area contributed by atoms with Crippen molar-refractivity contribution in [1.82, 2.24) is 4.98 Å². The van der Waals surface area contributed by atoms with Gasteiger partial charge in [-0.05, 0) is 25.5 Å². The molecular formula is C14H19N3S. The zero-order valence-electron chi connectivity index (χ0n) is 11.1. The van der Waals surface area contributed by atoms with Gasteiger partial charge in [-0.2, -0.15) is 0 Å². The predicted molar refractivity (Wildman–Crippen MR) is 78.0 cm³/mol. The number of aryl methyl sites for hydroxylation is 1. The minimum atomic E-state index is 0.0424. The number of rotatable bonds is 4. The lowest BCUT2D eigenvalue weighted by Crippen LogP contribution is -2.20. The fourth-order valence-electron chi connectivity index (χ4n) is 2.03. The molecule has 0 aliphatic carbocycles. The van der Waals surface area contributed by atoms with E-state index in [1.54, 1.807) is 11.3 Å². The second-order valence-corrected chi connectivity index (χ2v) is 5.62. The Morgan fingerprint density at radius 1 is 1.39 bits per heavy atom. The zero-order chi connectivity index (χ0) is 13.1. The summed E-state index contributed by atoms with van der Waals surface area (Å²) in [7, 11) is 2.08. The molecule has 1 aromatic heterocycles. The summed E-state index contributed by atoms with van der Waals surface area (Å²) >= 11 is 1.69. The monoisotopic (exact) mass is 261 g/mol. The third kappa shape index (κ3) is 2.89. The molecule has 4 heteroatoms. The van der Waals surface area contributed by atoms with Crippen LogP contribution in [0.25, 0.3) is 0 Å². The molecule has 0 aliphatic heterocycles. The van der Waals surface area contributed by atoms with Crippen molar-refractivity contribution >= 4 is 17.0 Å². The fraction of sp³-hybridized carbons (Fsp3) is 0.357. The molecule has 0 bridgehead atoms. The first kappa shape index (κ1) is 13.1. The summed E-state index contributed by atoms with van der Waals surface area (Å²) < 4.78 is 0. The average Bonchev–Trinajstić information content (AvgIpc) is 2.74. The first-order valence-corrected chi connectivity index (χ1v) is 6.92. The molecule has 2 N–H and O–H groups in total. The summed E-state index contributed by atoms with van der Waals surface area (Å²) in [4.78, 5) is 6.70. The topological polar surface area (TPSA) is 42.2 Å². The van der Waals surface area contributed by atoms with Crippen LogP contribution in [0.1, 0.15) is 29.2 Å². The van der Waals surface area contributed by atoms with E-state index < -0.39 is 0 Å². The van der Waals surface area contributed by atoms with Crippen molar-refractivity contribution in [1.29, 1.82) is 0 Å². The van der Waals surface area contributed by atoms with E-state index in [1.165, 1.54) is 11.3 Å². The van der Waals surface area contributed by atoms with Crippen molar-refractivity contribution in [3.05, 3.63) is 45.9 Å². The van der Waals surface area contributed by atoms with Gasteiger partial charge in [0.05, 0.1) is 17.2 Å². The van der Waals surface area contributed by atoms with Crippen molar-refractivity contribution in [3.63, 3.8) is 0 Å². The van der Waals surface area contributed by atoms with Crippen LogP contribution in [0.5, 0.6) is 0 Å². The molecule has 2 rings (SSSR count). The Balaban J connectivity index is 2.20. The van der Waals surface area contributed by atoms with Gasteiger partial charge in [0.15, 0.2) is 0 Å². The number of hydrogen-bond acceptors (Lipinski definition) is 4. The standard InChI is InChI=1S/C14H19N3S/c1-10(15)13-6-4-5-7-14(13)17(3)8-12-9-18-11(2)16-12/h4-7,9-10H,8,15H2,1-3H3/t10-/m1/s1. The quantitative estimate of drug-likeness (QED) is 0.919. The van der Waals surface area contributed by atoms with E-state index >= 15 is 0 Å². The average molecular weight is 261 g/mol. The number of hydrogen-bond donors (Lipinski definition) is 1. The van der Waals surface area contributed by atoms with E-state index in [0.29, 0.717) is 0 Å². The van der Waals surface area contributed by atoms with Crippen LogP contribution >= 0.6 is 11.3 Å². The predicted octanol–water partition coefficient (Wildman–Crippen LogP) is 3.11. The van der Waals surface area contributed by atoms with Crippen LogP contribution in [-0.4, -0.2) is 12.0 Å². The van der Waals surface area contributed by atoms with Gasteiger partial charge in [0.2, 0.25) is 0 Å². The molecule has 1 heterocycles. The third-order valence-electron chi connectivity index (χ3n) is 2.90. The van der Waals surface area contributed by atoms with Crippen molar-refractivity contribution in [3.8, 4) is 0 Å². The molecule has 3 nitrogen and oxygen atoms in total. The fourth-order valence-corrected chi connectivity index (χ4v) is 2.63. The molecule has 1 atom stereocenters. The van der Waals surface area contributed by atoms with Gasteiger partial charge >= 0.3 is 0 Å². The molecular weight excluding hydrogens is 242 g/mol. The molecule has 0 amide bonds. The van der Waals surface area contributed by atoms with Crippen LogP contribution in [0.15, 0.2) is 29.6 Å². The van der Waals surface area contributed by atoms with E-state index in [1.807, 2.05) is 26.0 Å². The highest BCUT2D eigenvalue weighted by atomic mass is 32.1. The van der Waals surface area contributed by atoms with Crippen LogP contribution < -0.4 is 10.6 Å². The van der Waals surface area contributed by atoms with Crippen LogP contribution in [0.3, 0.4) is 0 Å². The lowest BCUT2D eigenvalue weighted by atomic mass is 10.1. The number of aromatic nitrogens is 1. The van der Waals surface area contributed by atoms with Crippen molar-refractivity contribution in [2.24, 2.45) is 5.73 Å². The molecule has 0 unspecified atom stereocenters. The third-order valence-corrected chi connectivity index (χ3v) is 3.73. The van der Waals surface area contributed by atoms with Gasteiger partial charge in [0.1, 0.15) is 0 Å². The van der Waals surface area contributed by atoms with Gasteiger partial charge in [-0.25, -0.2) is 4.98 Å². The normalized spacial score (nSPS) is 12.4. The number of para-hydroxylation sites is 1. The Hall–Kier alpha value is -1.39. The van der Waals surface area contributed by atoms with Crippen molar-refractivity contribution in [2.45, 2.75) is 26.4 Å². The first-order valence-electron chi connectivity index (χ1n) is 6.04. The SMILES string of the molecule is Cc1nc(CN(C)c2ccccc2[C@@H](C)N)cs1. The molecule has 96 valence electrons. The minimum Gasteiger partial charge on any atom is -0.368 e. The molecule has 18 heavy (non-hydrogen) atoms. The lowest BCUT2D eigenvalue weighted by Gasteiger charge is -2.23. The van der Waals surface area contributed by atoms with E-state index in [-0.39, 0.29) is 6.04 Å². The maximum absolute atomic E-state index is 6.01. The summed E-state index contributed by atoms with van der Waals surface area (Å²) in [6.45, 7) is 4.86. The van der Waals surface area contributed by atoms with E-state index in [4.69, 9.17) is 5.73 Å². The molecule has 2 aromatic rings. The van der Waals surface area contributed by atoms with E-state index in [2.05, 4.69) is 34.4 Å². The summed E-state index contributed by atoms with van der Waals surface area (Å²) in [6, 6.07) is 8.31. The second-order valence-electron chi connectivity index (χ2n) is 4.56. The number of anilines is 1. The van der Waals surface area contributed by atoms with Gasteiger partial charge in [-0.1, -0.05) is 18.2 Å². The summed E-state index contributed by atoms with van der Waals surface area (Å²) in [5, 5.41) is 3.22. The maximum atomic E-state index is 6.01. The molecule has 0 aliphatic rings. The smallest absolute Gasteiger partial charge is 0.0898 e. The van der Waals surface area contributed by atoms with Crippen LogP contribution in [0.2, 0.25) is 0 Å². The highest BCUT2D eigenvalue weighted by Crippen LogP contribution is 2.25. The highest BCUT2D eigenvalue weighted by molar-refractivity contribution is 7.09. The summed E-state index contributed by atoms with van der Waals surface area (Å²) in [6.07, 6.45) is 0. The van der Waals surface area contributed by atoms with Gasteiger partial charge in [0.25, 0.3) is 0 Å². The Kier molecular flexibility index (Phi) is 3.99. The number of thiazole rings is 1.